The van der Waals surface area contributed by atoms with Crippen LogP contribution in [0.15, 0.2) is 48.8 Å². The molecule has 4 N–H and O–H groups in total. The number of pyridine rings is 2. The van der Waals surface area contributed by atoms with Gasteiger partial charge in [-0.25, -0.2) is 0 Å². The van der Waals surface area contributed by atoms with Crippen LogP contribution in [0.4, 0.5) is 0 Å². The van der Waals surface area contributed by atoms with Crippen molar-refractivity contribution in [2.75, 3.05) is 27.3 Å². The van der Waals surface area contributed by atoms with Crippen LogP contribution in [0.5, 0.6) is 0 Å². The molecule has 1 saturated heterocycles. The van der Waals surface area contributed by atoms with Gasteiger partial charge in [0.2, 0.25) is 5.91 Å². The number of likely N-dealkylation sites (tertiary alicyclic amines) is 1. The molecule has 0 aliphatic carbocycles. The van der Waals surface area contributed by atoms with E-state index in [4.69, 9.17) is 10.2 Å². The molecule has 3 heterocycles. The van der Waals surface area contributed by atoms with Crippen molar-refractivity contribution >= 4 is 13.0 Å². The maximum absolute atomic E-state index is 12.8. The molecule has 1 unspecified atom stereocenters. The van der Waals surface area contributed by atoms with E-state index in [0.717, 1.165) is 32.0 Å². The molecule has 32 heavy (non-hydrogen) atoms. The second-order valence-electron chi connectivity index (χ2n) is 6.50. The number of nitrogens with zero attached hydrogens (tertiary/aromatic N) is 4. The predicted octanol–water partition coefficient (Wildman–Crippen LogP) is 0.147. The third-order valence-electron chi connectivity index (χ3n) is 4.55. The molecule has 0 spiro atoms. The second kappa shape index (κ2) is 18.8. The van der Waals surface area contributed by atoms with Crippen LogP contribution in [0, 0.1) is 7.43 Å². The molecular formula is C21H34BN4O5Re-. The molecule has 0 aromatic carbocycles. The van der Waals surface area contributed by atoms with Crippen molar-refractivity contribution < 1.29 is 45.5 Å². The average Bonchev–Trinajstić information content (AvgIpc) is 3.29. The van der Waals surface area contributed by atoms with Gasteiger partial charge in [-0.05, 0) is 37.1 Å². The zero-order valence-corrected chi connectivity index (χ0v) is 21.6. The Kier molecular flexibility index (Phi) is 19.1. The van der Waals surface area contributed by atoms with Crippen LogP contribution in [0.3, 0.4) is 0 Å². The summed E-state index contributed by atoms with van der Waals surface area (Å²) in [4.78, 5) is 25.0. The minimum atomic E-state index is -1.50. The van der Waals surface area contributed by atoms with Crippen LogP contribution < -0.4 is 0 Å². The van der Waals surface area contributed by atoms with Crippen molar-refractivity contribution in [1.29, 1.82) is 0 Å². The molecule has 9 nitrogen and oxygen atoms in total. The van der Waals surface area contributed by atoms with E-state index in [2.05, 4.69) is 9.97 Å². The monoisotopic (exact) mass is 620 g/mol. The first-order valence-corrected chi connectivity index (χ1v) is 9.70. The standard InChI is InChI=1S/C18H23BN4O3.2CH4O.CH3.Re/c24-18(23-11-5-8-17(23)19(25)26)14-22(12-15-6-1-3-9-20-15)13-16-7-2-4-10-21-16;2*1-2;;/h1-4,6-7,9-10,17,25-26H,5,8,11-14H2;2*2H,1H3;1H3;/q;;;-1;. The summed E-state index contributed by atoms with van der Waals surface area (Å²) < 4.78 is 0. The Morgan fingerprint density at radius 3 is 1.94 bits per heavy atom. The van der Waals surface area contributed by atoms with Gasteiger partial charge in [0.15, 0.2) is 0 Å². The van der Waals surface area contributed by atoms with Crippen LogP contribution in [-0.2, 0) is 38.3 Å². The van der Waals surface area contributed by atoms with E-state index in [1.807, 2.05) is 41.3 Å². The molecule has 0 bridgehead atoms. The quantitative estimate of drug-likeness (QED) is 0.255. The van der Waals surface area contributed by atoms with Crippen LogP contribution >= 0.6 is 0 Å². The van der Waals surface area contributed by atoms with E-state index in [9.17, 15) is 14.8 Å². The smallest absolute Gasteiger partial charge is 0.426 e. The molecule has 2 aromatic rings. The number of aromatic nitrogens is 2. The Morgan fingerprint density at radius 2 is 1.53 bits per heavy atom. The van der Waals surface area contributed by atoms with Gasteiger partial charge in [0.05, 0.1) is 23.9 Å². The summed E-state index contributed by atoms with van der Waals surface area (Å²) in [6.07, 6.45) is 4.86. The molecule has 1 amide bonds. The third-order valence-corrected chi connectivity index (χ3v) is 4.55. The van der Waals surface area contributed by atoms with Crippen molar-refractivity contribution in [1.82, 2.24) is 19.8 Å². The summed E-state index contributed by atoms with van der Waals surface area (Å²) in [6, 6.07) is 11.4. The fraction of sp³-hybridized carbons (Fsp3) is 0.429. The van der Waals surface area contributed by atoms with Gasteiger partial charge in [-0.1, -0.05) is 12.1 Å². The fourth-order valence-electron chi connectivity index (χ4n) is 3.30. The number of rotatable bonds is 7. The van der Waals surface area contributed by atoms with Crippen molar-refractivity contribution in [2.24, 2.45) is 0 Å². The Morgan fingerprint density at radius 1 is 1.03 bits per heavy atom. The average molecular weight is 620 g/mol. The van der Waals surface area contributed by atoms with Crippen LogP contribution in [-0.4, -0.2) is 86.3 Å². The molecule has 3 rings (SSSR count). The van der Waals surface area contributed by atoms with Crippen molar-refractivity contribution in [3.8, 4) is 0 Å². The van der Waals surface area contributed by atoms with Gasteiger partial charge in [-0.15, -0.1) is 0 Å². The van der Waals surface area contributed by atoms with Crippen LogP contribution in [0.1, 0.15) is 24.2 Å². The molecule has 1 aliphatic rings. The van der Waals surface area contributed by atoms with E-state index in [-0.39, 0.29) is 40.3 Å². The summed E-state index contributed by atoms with van der Waals surface area (Å²) in [7, 11) is 0.501. The minimum Gasteiger partial charge on any atom is -0.426 e. The van der Waals surface area contributed by atoms with Crippen molar-refractivity contribution in [3.05, 3.63) is 67.6 Å². The zero-order valence-electron chi connectivity index (χ0n) is 18.9. The predicted molar refractivity (Wildman–Crippen MR) is 120 cm³/mol. The van der Waals surface area contributed by atoms with Gasteiger partial charge in [0.25, 0.3) is 0 Å². The van der Waals surface area contributed by atoms with E-state index < -0.39 is 13.1 Å². The maximum Gasteiger partial charge on any atom is 0.475 e. The first kappa shape index (κ1) is 32.5. The van der Waals surface area contributed by atoms with Gasteiger partial charge in [-0.3, -0.25) is 19.7 Å². The first-order chi connectivity index (χ1) is 14.6. The number of carbonyl (C=O) groups excluding carboxylic acids is 1. The van der Waals surface area contributed by atoms with Gasteiger partial charge in [0, 0.05) is 66.7 Å². The third kappa shape index (κ3) is 10.7. The number of aliphatic hydroxyl groups is 2. The molecular weight excluding hydrogens is 585 g/mol. The Labute approximate surface area is 204 Å². The van der Waals surface area contributed by atoms with E-state index in [0.29, 0.717) is 26.1 Å². The second-order valence-corrected chi connectivity index (χ2v) is 6.50. The van der Waals surface area contributed by atoms with E-state index in [1.165, 1.54) is 0 Å². The number of hydrogen-bond acceptors (Lipinski definition) is 8. The normalized spacial score (nSPS) is 14.1. The summed E-state index contributed by atoms with van der Waals surface area (Å²) in [5.41, 5.74) is 1.74. The molecule has 0 saturated carbocycles. The molecule has 1 fully saturated rings. The molecule has 2 aromatic heterocycles. The summed E-state index contributed by atoms with van der Waals surface area (Å²) in [5, 5.41) is 33.0. The van der Waals surface area contributed by atoms with Crippen LogP contribution in [0.25, 0.3) is 0 Å². The molecule has 1 atom stereocenters. The van der Waals surface area contributed by atoms with Gasteiger partial charge >= 0.3 is 7.12 Å². The van der Waals surface area contributed by atoms with Gasteiger partial charge in [-0.2, -0.15) is 0 Å². The van der Waals surface area contributed by atoms with E-state index in [1.54, 1.807) is 17.3 Å². The Balaban J connectivity index is 0. The molecule has 1 aliphatic heterocycles. The topological polar surface area (TPSA) is 130 Å². The summed E-state index contributed by atoms with van der Waals surface area (Å²) in [5.74, 6) is -0.624. The van der Waals surface area contributed by atoms with E-state index >= 15 is 0 Å². The maximum atomic E-state index is 12.8. The molecule has 1 radical (unpaired) electrons. The molecule has 11 heteroatoms. The number of aliphatic hydroxyl groups excluding tert-OH is 2. The summed E-state index contributed by atoms with van der Waals surface area (Å²) >= 11 is 0. The number of hydrogen-bond donors (Lipinski definition) is 4. The van der Waals surface area contributed by atoms with Crippen LogP contribution in [0.2, 0.25) is 0 Å². The Hall–Kier alpha value is -1.70. The number of carbonyl (C=O) groups is 1. The first-order valence-electron chi connectivity index (χ1n) is 9.70. The van der Waals surface area contributed by atoms with Gasteiger partial charge in [0.1, 0.15) is 0 Å². The number of amides is 1. The largest absolute Gasteiger partial charge is 0.475 e. The fourth-order valence-corrected chi connectivity index (χ4v) is 3.30. The SMILES string of the molecule is CO.CO.O=C(CN(Cc1ccccn1)Cc1ccccn1)N1CCCC1B(O)O.[CH3-].[Re]. The Bertz CT molecular complexity index is 674. The zero-order chi connectivity index (χ0) is 22.4. The van der Waals surface area contributed by atoms with Crippen molar-refractivity contribution in [3.63, 3.8) is 0 Å². The summed E-state index contributed by atoms with van der Waals surface area (Å²) in [6.45, 7) is 1.77. The molecule has 179 valence electrons. The minimum absolute atomic E-state index is 0. The van der Waals surface area contributed by atoms with Crippen molar-refractivity contribution in [2.45, 2.75) is 31.9 Å². The van der Waals surface area contributed by atoms with Gasteiger partial charge < -0.3 is 32.6 Å².